The quantitative estimate of drug-likeness (QED) is 0.311. The second kappa shape index (κ2) is 11.0. The highest BCUT2D eigenvalue weighted by Gasteiger charge is 2.29. The molecule has 9 nitrogen and oxygen atoms in total. The lowest BCUT2D eigenvalue weighted by atomic mass is 10.1. The maximum Gasteiger partial charge on any atom is 0.274 e. The van der Waals surface area contributed by atoms with Crippen LogP contribution in [0.25, 0.3) is 0 Å². The molecule has 2 N–H and O–H groups in total. The van der Waals surface area contributed by atoms with Crippen molar-refractivity contribution in [2.45, 2.75) is 25.4 Å². The fourth-order valence-electron chi connectivity index (χ4n) is 4.90. The van der Waals surface area contributed by atoms with Crippen LogP contribution >= 0.6 is 11.3 Å². The van der Waals surface area contributed by atoms with Crippen LogP contribution in [0.5, 0.6) is 0 Å². The number of pyridine rings is 1. The number of rotatable bonds is 8. The predicted molar refractivity (Wildman–Crippen MR) is 146 cm³/mol. The molecular weight excluding hydrogens is 519 g/mol. The minimum atomic E-state index is -0.552. The zero-order valence-electron chi connectivity index (χ0n) is 21.0. The van der Waals surface area contributed by atoms with E-state index in [1.54, 1.807) is 29.0 Å². The van der Waals surface area contributed by atoms with Gasteiger partial charge in [-0.2, -0.15) is 4.39 Å². The fourth-order valence-corrected chi connectivity index (χ4v) is 5.66. The Morgan fingerprint density at radius 1 is 1.13 bits per heavy atom. The van der Waals surface area contributed by atoms with Crippen molar-refractivity contribution in [1.29, 1.82) is 0 Å². The number of halogens is 1. The number of carbonyl (C=O) groups excluding carboxylic acids is 2. The van der Waals surface area contributed by atoms with Gasteiger partial charge in [-0.1, -0.05) is 0 Å². The summed E-state index contributed by atoms with van der Waals surface area (Å²) in [5.74, 6) is -0.903. The Bertz CT molecular complexity index is 1480. The highest BCUT2D eigenvalue weighted by Crippen LogP contribution is 2.37. The average molecular weight is 547 g/mol. The molecule has 0 saturated carbocycles. The maximum atomic E-state index is 13.5. The number of carbonyl (C=O) groups is 2. The van der Waals surface area contributed by atoms with E-state index in [2.05, 4.69) is 20.5 Å². The van der Waals surface area contributed by atoms with E-state index < -0.39 is 5.95 Å². The van der Waals surface area contributed by atoms with Crippen molar-refractivity contribution in [3.63, 3.8) is 0 Å². The summed E-state index contributed by atoms with van der Waals surface area (Å²) in [5.41, 5.74) is 3.92. The van der Waals surface area contributed by atoms with Gasteiger partial charge in [0.2, 0.25) is 11.9 Å². The molecule has 6 rings (SSSR count). The number of hydrogen-bond donors (Lipinski definition) is 2. The lowest BCUT2D eigenvalue weighted by Crippen LogP contribution is -2.38. The Labute approximate surface area is 228 Å². The number of anilines is 3. The standard InChI is InChI=1S/C28H27FN6O3S/c29-25-13-18(9-10-30-25)14-34-11-1-4-24(34)27(37)33-28-32-22(17-39-28)23-3-2-12-35(23)21-7-5-20(6-8-21)31-26(36)19-15-38-16-19/h1,4-11,13,17,19,23H,2-3,12,14-16H2,(H,31,36)(H,32,33,37). The van der Waals surface area contributed by atoms with Crippen LogP contribution in [0.3, 0.4) is 0 Å². The minimum Gasteiger partial charge on any atom is -0.380 e. The lowest BCUT2D eigenvalue weighted by molar-refractivity contribution is -0.133. The number of aromatic nitrogens is 3. The number of benzene rings is 1. The second-order valence-electron chi connectivity index (χ2n) is 9.66. The molecule has 1 atom stereocenters. The van der Waals surface area contributed by atoms with E-state index in [1.165, 1.54) is 23.6 Å². The van der Waals surface area contributed by atoms with Crippen LogP contribution in [0.2, 0.25) is 0 Å². The molecule has 2 aliphatic rings. The number of nitrogens with one attached hydrogen (secondary N) is 2. The maximum absolute atomic E-state index is 13.5. The largest absolute Gasteiger partial charge is 0.380 e. The molecule has 1 unspecified atom stereocenters. The normalized spacial score (nSPS) is 17.2. The highest BCUT2D eigenvalue weighted by molar-refractivity contribution is 7.14. The van der Waals surface area contributed by atoms with Crippen LogP contribution in [-0.2, 0) is 16.1 Å². The van der Waals surface area contributed by atoms with Crippen LogP contribution in [0.1, 0.15) is 40.6 Å². The summed E-state index contributed by atoms with van der Waals surface area (Å²) in [5, 5.41) is 8.39. The van der Waals surface area contributed by atoms with Crippen molar-refractivity contribution in [2.24, 2.45) is 5.92 Å². The number of amides is 2. The van der Waals surface area contributed by atoms with Gasteiger partial charge in [-0.3, -0.25) is 14.9 Å². The van der Waals surface area contributed by atoms with Gasteiger partial charge in [-0.05, 0) is 66.9 Å². The summed E-state index contributed by atoms with van der Waals surface area (Å²) in [6.45, 7) is 2.22. The molecule has 4 aromatic rings. The fraction of sp³-hybridized carbons (Fsp3) is 0.286. The van der Waals surface area contributed by atoms with Gasteiger partial charge in [0, 0.05) is 42.2 Å². The minimum absolute atomic E-state index is 0.0105. The number of hydrogen-bond acceptors (Lipinski definition) is 7. The topological polar surface area (TPSA) is 101 Å². The first kappa shape index (κ1) is 25.2. The second-order valence-corrected chi connectivity index (χ2v) is 10.5. The van der Waals surface area contributed by atoms with Gasteiger partial charge in [0.25, 0.3) is 5.91 Å². The Kier molecular flexibility index (Phi) is 7.08. The zero-order chi connectivity index (χ0) is 26.8. The summed E-state index contributed by atoms with van der Waals surface area (Å²) in [4.78, 5) is 35.9. The smallest absolute Gasteiger partial charge is 0.274 e. The highest BCUT2D eigenvalue weighted by atomic mass is 32.1. The molecule has 3 aromatic heterocycles. The van der Waals surface area contributed by atoms with Crippen LogP contribution in [0, 0.1) is 11.9 Å². The molecule has 2 amide bonds. The van der Waals surface area contributed by atoms with Crippen molar-refractivity contribution < 1.29 is 18.7 Å². The van der Waals surface area contributed by atoms with Gasteiger partial charge in [-0.15, -0.1) is 11.3 Å². The number of thiazole rings is 1. The van der Waals surface area contributed by atoms with Crippen molar-refractivity contribution in [2.75, 3.05) is 35.3 Å². The molecule has 0 bridgehead atoms. The van der Waals surface area contributed by atoms with Gasteiger partial charge in [0.1, 0.15) is 5.69 Å². The molecule has 0 radical (unpaired) electrons. The molecule has 39 heavy (non-hydrogen) atoms. The van der Waals surface area contributed by atoms with E-state index in [4.69, 9.17) is 9.72 Å². The van der Waals surface area contributed by atoms with Crippen LogP contribution in [-0.4, -0.2) is 46.1 Å². The van der Waals surface area contributed by atoms with E-state index in [-0.39, 0.29) is 23.8 Å². The monoisotopic (exact) mass is 546 g/mol. The lowest BCUT2D eigenvalue weighted by Gasteiger charge is -2.26. The summed E-state index contributed by atoms with van der Waals surface area (Å²) in [6, 6.07) is 14.6. The van der Waals surface area contributed by atoms with E-state index in [9.17, 15) is 14.0 Å². The third-order valence-corrected chi connectivity index (χ3v) is 7.79. The van der Waals surface area contributed by atoms with E-state index in [0.717, 1.165) is 36.5 Å². The summed E-state index contributed by atoms with van der Waals surface area (Å²) in [7, 11) is 0. The Morgan fingerprint density at radius 3 is 2.74 bits per heavy atom. The van der Waals surface area contributed by atoms with Gasteiger partial charge in [-0.25, -0.2) is 9.97 Å². The van der Waals surface area contributed by atoms with E-state index in [1.807, 2.05) is 29.6 Å². The SMILES string of the molecule is O=C(Nc1nc(C2CCCN2c2ccc(NC(=O)C3COC3)cc2)cs1)c1cccn1Cc1ccnc(F)c1. The molecule has 2 saturated heterocycles. The first-order valence-corrected chi connectivity index (χ1v) is 13.7. The number of ether oxygens (including phenoxy) is 1. The third kappa shape index (κ3) is 5.55. The summed E-state index contributed by atoms with van der Waals surface area (Å²) < 4.78 is 20.3. The Hall–Kier alpha value is -4.09. The van der Waals surface area contributed by atoms with Gasteiger partial charge in [0.05, 0.1) is 30.9 Å². The van der Waals surface area contributed by atoms with E-state index in [0.29, 0.717) is 36.1 Å². The predicted octanol–water partition coefficient (Wildman–Crippen LogP) is 4.71. The number of nitrogens with zero attached hydrogens (tertiary/aromatic N) is 4. The first-order chi connectivity index (χ1) is 19.0. The molecule has 2 fully saturated rings. The molecule has 0 aliphatic carbocycles. The summed E-state index contributed by atoms with van der Waals surface area (Å²) >= 11 is 1.40. The summed E-state index contributed by atoms with van der Waals surface area (Å²) in [6.07, 6.45) is 5.20. The third-order valence-electron chi connectivity index (χ3n) is 7.02. The molecule has 2 aliphatic heterocycles. The van der Waals surface area contributed by atoms with Gasteiger partial charge >= 0.3 is 0 Å². The molecule has 0 spiro atoms. The molecule has 200 valence electrons. The van der Waals surface area contributed by atoms with E-state index >= 15 is 0 Å². The molecule has 11 heteroatoms. The first-order valence-electron chi connectivity index (χ1n) is 12.8. The van der Waals surface area contributed by atoms with Crippen molar-refractivity contribution in [1.82, 2.24) is 14.5 Å². The van der Waals surface area contributed by atoms with Crippen LogP contribution in [0.15, 0.2) is 66.3 Å². The average Bonchev–Trinajstić information content (AvgIpc) is 3.64. The van der Waals surface area contributed by atoms with Crippen molar-refractivity contribution in [3.8, 4) is 0 Å². The van der Waals surface area contributed by atoms with Crippen molar-refractivity contribution >= 4 is 39.7 Å². The molecule has 5 heterocycles. The zero-order valence-corrected chi connectivity index (χ0v) is 21.9. The van der Waals surface area contributed by atoms with Gasteiger partial charge in [0.15, 0.2) is 5.13 Å². The van der Waals surface area contributed by atoms with Crippen LogP contribution < -0.4 is 15.5 Å². The van der Waals surface area contributed by atoms with Gasteiger partial charge < -0.3 is 19.5 Å². The molecular formula is C28H27FN6O3S. The van der Waals surface area contributed by atoms with Crippen molar-refractivity contribution in [3.05, 3.63) is 89.2 Å². The van der Waals surface area contributed by atoms with Crippen LogP contribution in [0.4, 0.5) is 20.9 Å². The Balaban J connectivity index is 1.10. The molecule has 1 aromatic carbocycles. The Morgan fingerprint density at radius 2 is 1.97 bits per heavy atom.